The SMILES string of the molecule is Cc1ccc(NC(=O)[C@H]2Sc3nnc(C)n3N[C@@H]2c2ccc(F)cc2)cc1Cl. The molecule has 2 aromatic carbocycles. The van der Waals surface area contributed by atoms with Crippen molar-refractivity contribution in [3.63, 3.8) is 0 Å². The van der Waals surface area contributed by atoms with Gasteiger partial charge in [-0.15, -0.1) is 10.2 Å². The van der Waals surface area contributed by atoms with Crippen LogP contribution in [-0.2, 0) is 4.79 Å². The van der Waals surface area contributed by atoms with E-state index in [1.807, 2.05) is 19.9 Å². The van der Waals surface area contributed by atoms with Crippen LogP contribution >= 0.6 is 23.4 Å². The highest BCUT2D eigenvalue weighted by Gasteiger charge is 2.37. The number of nitrogens with one attached hydrogen (secondary N) is 2. The van der Waals surface area contributed by atoms with Crippen LogP contribution in [0.5, 0.6) is 0 Å². The minimum atomic E-state index is -0.540. The van der Waals surface area contributed by atoms with Gasteiger partial charge in [-0.05, 0) is 49.2 Å². The number of carbonyl (C=O) groups excluding carboxylic acids is 1. The summed E-state index contributed by atoms with van der Waals surface area (Å²) in [6.45, 7) is 3.72. The molecule has 2 N–H and O–H groups in total. The number of aryl methyl sites for hydroxylation is 2. The Morgan fingerprint density at radius 1 is 1.21 bits per heavy atom. The Morgan fingerprint density at radius 3 is 2.68 bits per heavy atom. The van der Waals surface area contributed by atoms with Gasteiger partial charge in [-0.25, -0.2) is 9.07 Å². The van der Waals surface area contributed by atoms with Crippen molar-refractivity contribution in [3.05, 3.63) is 70.3 Å². The van der Waals surface area contributed by atoms with Gasteiger partial charge in [0.1, 0.15) is 16.9 Å². The summed E-state index contributed by atoms with van der Waals surface area (Å²) in [5.41, 5.74) is 5.61. The van der Waals surface area contributed by atoms with Gasteiger partial charge in [0.15, 0.2) is 0 Å². The van der Waals surface area contributed by atoms with Gasteiger partial charge >= 0.3 is 0 Å². The maximum atomic E-state index is 13.4. The minimum Gasteiger partial charge on any atom is -0.325 e. The van der Waals surface area contributed by atoms with Crippen molar-refractivity contribution in [2.24, 2.45) is 0 Å². The quantitative estimate of drug-likeness (QED) is 0.671. The first-order chi connectivity index (χ1) is 13.4. The van der Waals surface area contributed by atoms with Crippen LogP contribution in [0.3, 0.4) is 0 Å². The number of amides is 1. The fourth-order valence-corrected chi connectivity index (χ4v) is 4.27. The highest BCUT2D eigenvalue weighted by atomic mass is 35.5. The van der Waals surface area contributed by atoms with Crippen LogP contribution in [0.25, 0.3) is 0 Å². The zero-order valence-corrected chi connectivity index (χ0v) is 16.7. The molecule has 6 nitrogen and oxygen atoms in total. The third-order valence-corrected chi connectivity index (χ3v) is 6.15. The van der Waals surface area contributed by atoms with Crippen molar-refractivity contribution in [2.45, 2.75) is 30.3 Å². The Bertz CT molecular complexity index is 1040. The van der Waals surface area contributed by atoms with Gasteiger partial charge < -0.3 is 10.7 Å². The molecule has 1 aliphatic rings. The van der Waals surface area contributed by atoms with E-state index in [-0.39, 0.29) is 11.7 Å². The Morgan fingerprint density at radius 2 is 1.96 bits per heavy atom. The number of hydrogen-bond acceptors (Lipinski definition) is 5. The molecule has 9 heteroatoms. The first kappa shape index (κ1) is 18.8. The molecule has 2 heterocycles. The van der Waals surface area contributed by atoms with Crippen LogP contribution in [0, 0.1) is 19.7 Å². The van der Waals surface area contributed by atoms with E-state index in [1.165, 1.54) is 23.9 Å². The zero-order valence-electron chi connectivity index (χ0n) is 15.1. The van der Waals surface area contributed by atoms with Crippen LogP contribution < -0.4 is 10.7 Å². The number of aromatic nitrogens is 3. The first-order valence-corrected chi connectivity index (χ1v) is 9.86. The van der Waals surface area contributed by atoms with Gasteiger partial charge in [-0.2, -0.15) is 0 Å². The number of anilines is 1. The molecule has 4 rings (SSSR count). The molecule has 1 aliphatic heterocycles. The van der Waals surface area contributed by atoms with Crippen molar-refractivity contribution >= 4 is 35.0 Å². The van der Waals surface area contributed by atoms with E-state index >= 15 is 0 Å². The number of hydrogen-bond donors (Lipinski definition) is 2. The predicted octanol–water partition coefficient (Wildman–Crippen LogP) is 4.09. The summed E-state index contributed by atoms with van der Waals surface area (Å²) in [7, 11) is 0. The molecule has 0 radical (unpaired) electrons. The number of carbonyl (C=O) groups is 1. The van der Waals surface area contributed by atoms with Crippen LogP contribution in [0.1, 0.15) is 23.0 Å². The Kier molecular flexibility index (Phi) is 4.99. The van der Waals surface area contributed by atoms with E-state index in [0.717, 1.165) is 11.1 Å². The first-order valence-electron chi connectivity index (χ1n) is 8.60. The van der Waals surface area contributed by atoms with E-state index in [2.05, 4.69) is 20.9 Å². The topological polar surface area (TPSA) is 71.8 Å². The van der Waals surface area contributed by atoms with Gasteiger partial charge in [0, 0.05) is 10.7 Å². The number of benzene rings is 2. The van der Waals surface area contributed by atoms with Gasteiger partial charge in [-0.3, -0.25) is 4.79 Å². The summed E-state index contributed by atoms with van der Waals surface area (Å²) in [6, 6.07) is 11.1. The minimum absolute atomic E-state index is 0.210. The number of fused-ring (bicyclic) bond motifs is 1. The fraction of sp³-hybridized carbons (Fsp3) is 0.211. The van der Waals surface area contributed by atoms with E-state index in [1.54, 1.807) is 28.9 Å². The van der Waals surface area contributed by atoms with Crippen LogP contribution in [0.4, 0.5) is 10.1 Å². The third kappa shape index (κ3) is 3.57. The second-order valence-electron chi connectivity index (χ2n) is 6.52. The smallest absolute Gasteiger partial charge is 0.240 e. The van der Waals surface area contributed by atoms with Crippen molar-refractivity contribution in [1.29, 1.82) is 0 Å². The Balaban J connectivity index is 1.65. The zero-order chi connectivity index (χ0) is 19.8. The predicted molar refractivity (Wildman–Crippen MR) is 108 cm³/mol. The lowest BCUT2D eigenvalue weighted by atomic mass is 10.0. The summed E-state index contributed by atoms with van der Waals surface area (Å²) >= 11 is 7.47. The van der Waals surface area contributed by atoms with Gasteiger partial charge in [-0.1, -0.05) is 41.6 Å². The molecule has 0 aliphatic carbocycles. The second kappa shape index (κ2) is 7.44. The maximum absolute atomic E-state index is 13.4. The van der Waals surface area contributed by atoms with Gasteiger partial charge in [0.25, 0.3) is 0 Å². The molecule has 2 atom stereocenters. The molecule has 28 heavy (non-hydrogen) atoms. The van der Waals surface area contributed by atoms with Crippen LogP contribution in [-0.4, -0.2) is 26.0 Å². The maximum Gasteiger partial charge on any atom is 0.240 e. The lowest BCUT2D eigenvalue weighted by molar-refractivity contribution is -0.116. The van der Waals surface area contributed by atoms with Gasteiger partial charge in [0.05, 0.1) is 6.04 Å². The molecular formula is C19H17ClFN5OS. The lowest BCUT2D eigenvalue weighted by Crippen LogP contribution is -2.41. The Hall–Kier alpha value is -2.58. The van der Waals surface area contributed by atoms with Crippen molar-refractivity contribution in [3.8, 4) is 0 Å². The third-order valence-electron chi connectivity index (χ3n) is 4.53. The standard InChI is InChI=1S/C19H17ClFN5OS/c1-10-3-8-14(9-15(10)20)22-18(27)17-16(12-4-6-13(21)7-5-12)25-26-11(2)23-24-19(26)28-17/h3-9,16-17,25H,1-2H3,(H,22,27)/t16-,17+/m1/s1. The molecule has 1 amide bonds. The van der Waals surface area contributed by atoms with E-state index < -0.39 is 11.3 Å². The molecule has 3 aromatic rings. The second-order valence-corrected chi connectivity index (χ2v) is 8.03. The van der Waals surface area contributed by atoms with Crippen molar-refractivity contribution in [1.82, 2.24) is 14.9 Å². The molecule has 0 bridgehead atoms. The molecule has 0 spiro atoms. The number of nitrogens with zero attached hydrogens (tertiary/aromatic N) is 3. The summed E-state index contributed by atoms with van der Waals surface area (Å²) in [4.78, 5) is 13.1. The summed E-state index contributed by atoms with van der Waals surface area (Å²) in [5.74, 6) is 0.140. The number of rotatable bonds is 3. The van der Waals surface area contributed by atoms with E-state index in [0.29, 0.717) is 21.7 Å². The molecule has 0 saturated carbocycles. The molecule has 144 valence electrons. The van der Waals surface area contributed by atoms with Crippen molar-refractivity contribution in [2.75, 3.05) is 10.7 Å². The fourth-order valence-electron chi connectivity index (χ4n) is 2.96. The monoisotopic (exact) mass is 417 g/mol. The van der Waals surface area contributed by atoms with E-state index in [4.69, 9.17) is 11.6 Å². The number of thioether (sulfide) groups is 1. The highest BCUT2D eigenvalue weighted by molar-refractivity contribution is 8.00. The molecule has 0 saturated heterocycles. The summed E-state index contributed by atoms with van der Waals surface area (Å²) in [5, 5.41) is 11.7. The molecule has 0 unspecified atom stereocenters. The normalized spacial score (nSPS) is 18.3. The largest absolute Gasteiger partial charge is 0.325 e. The Labute approximate surface area is 170 Å². The van der Waals surface area contributed by atoms with Crippen molar-refractivity contribution < 1.29 is 9.18 Å². The molecule has 1 aromatic heterocycles. The van der Waals surface area contributed by atoms with E-state index in [9.17, 15) is 9.18 Å². The molecular weight excluding hydrogens is 401 g/mol. The average molecular weight is 418 g/mol. The summed E-state index contributed by atoms with van der Waals surface area (Å²) < 4.78 is 15.1. The lowest BCUT2D eigenvalue weighted by Gasteiger charge is -2.32. The molecule has 0 fully saturated rings. The summed E-state index contributed by atoms with van der Waals surface area (Å²) in [6.07, 6.45) is 0. The number of halogens is 2. The average Bonchev–Trinajstić information content (AvgIpc) is 3.04. The van der Waals surface area contributed by atoms with Crippen LogP contribution in [0.15, 0.2) is 47.6 Å². The highest BCUT2D eigenvalue weighted by Crippen LogP contribution is 2.37. The van der Waals surface area contributed by atoms with Crippen LogP contribution in [0.2, 0.25) is 5.02 Å². The van der Waals surface area contributed by atoms with Gasteiger partial charge in [0.2, 0.25) is 11.1 Å².